The van der Waals surface area contributed by atoms with Gasteiger partial charge in [0.1, 0.15) is 5.82 Å². The molecule has 1 unspecified atom stereocenters. The van der Waals surface area contributed by atoms with Crippen molar-refractivity contribution in [3.05, 3.63) is 45.7 Å². The summed E-state index contributed by atoms with van der Waals surface area (Å²) in [6.45, 7) is 3.55. The first-order chi connectivity index (χ1) is 12.0. The first-order valence-electron chi connectivity index (χ1n) is 8.08. The summed E-state index contributed by atoms with van der Waals surface area (Å²) in [6.07, 6.45) is 0.693. The first kappa shape index (κ1) is 17.4. The Hall–Kier alpha value is -2.46. The van der Waals surface area contributed by atoms with Crippen LogP contribution in [-0.4, -0.2) is 35.9 Å². The fourth-order valence-electron chi connectivity index (χ4n) is 3.13. The van der Waals surface area contributed by atoms with Gasteiger partial charge in [0.25, 0.3) is 0 Å². The van der Waals surface area contributed by atoms with Crippen molar-refractivity contribution in [3.63, 3.8) is 0 Å². The molecule has 3 rings (SSSR count). The Labute approximate surface area is 150 Å². The summed E-state index contributed by atoms with van der Waals surface area (Å²) in [4.78, 5) is 20.6. The van der Waals surface area contributed by atoms with Crippen molar-refractivity contribution in [1.82, 2.24) is 9.88 Å². The number of aryl methyl sites for hydroxylation is 1. The standard InChI is InChI=1S/C18H19FN4OS/c1-12-21-15(11-25-12)10-22(2)18(24)14-5-6-23(9-14)17-4-3-13(8-20)7-16(17)19/h3-4,7,11,14H,5-6,9-10H2,1-2H3. The second-order valence-electron chi connectivity index (χ2n) is 6.26. The predicted octanol–water partition coefficient (Wildman–Crippen LogP) is 2.95. The lowest BCUT2D eigenvalue weighted by atomic mass is 10.1. The number of rotatable bonds is 4. The van der Waals surface area contributed by atoms with Crippen molar-refractivity contribution in [1.29, 1.82) is 5.26 Å². The zero-order valence-electron chi connectivity index (χ0n) is 14.2. The Bertz CT molecular complexity index is 829. The minimum atomic E-state index is -0.418. The van der Waals surface area contributed by atoms with Crippen molar-refractivity contribution in [2.24, 2.45) is 5.92 Å². The molecule has 2 heterocycles. The van der Waals surface area contributed by atoms with Gasteiger partial charge in [-0.25, -0.2) is 9.37 Å². The average molecular weight is 358 g/mol. The van der Waals surface area contributed by atoms with E-state index in [1.165, 1.54) is 6.07 Å². The van der Waals surface area contributed by atoms with Gasteiger partial charge in [-0.1, -0.05) is 0 Å². The number of aromatic nitrogens is 1. The van der Waals surface area contributed by atoms with E-state index in [-0.39, 0.29) is 11.8 Å². The molecule has 1 aliphatic heterocycles. The average Bonchev–Trinajstić information content (AvgIpc) is 3.23. The molecule has 7 heteroatoms. The molecule has 1 fully saturated rings. The van der Waals surface area contributed by atoms with Crippen LogP contribution < -0.4 is 4.90 Å². The molecule has 0 radical (unpaired) electrons. The maximum atomic E-state index is 14.2. The van der Waals surface area contributed by atoms with E-state index >= 15 is 0 Å². The Balaban J connectivity index is 1.64. The highest BCUT2D eigenvalue weighted by molar-refractivity contribution is 7.09. The Morgan fingerprint density at radius 1 is 1.56 bits per heavy atom. The third-order valence-corrected chi connectivity index (χ3v) is 5.22. The van der Waals surface area contributed by atoms with Gasteiger partial charge in [0.15, 0.2) is 0 Å². The second kappa shape index (κ2) is 7.19. The summed E-state index contributed by atoms with van der Waals surface area (Å²) in [5.74, 6) is -0.513. The van der Waals surface area contributed by atoms with E-state index in [1.807, 2.05) is 23.3 Å². The molecule has 2 aromatic rings. The number of carbonyl (C=O) groups excluding carboxylic acids is 1. The van der Waals surface area contributed by atoms with Crippen LogP contribution in [0.5, 0.6) is 0 Å². The van der Waals surface area contributed by atoms with Crippen molar-refractivity contribution >= 4 is 22.9 Å². The lowest BCUT2D eigenvalue weighted by Crippen LogP contribution is -2.34. The number of nitrogens with zero attached hydrogens (tertiary/aromatic N) is 4. The number of hydrogen-bond acceptors (Lipinski definition) is 5. The smallest absolute Gasteiger partial charge is 0.227 e. The van der Waals surface area contributed by atoms with Crippen LogP contribution in [0.2, 0.25) is 0 Å². The number of anilines is 1. The molecule has 130 valence electrons. The largest absolute Gasteiger partial charge is 0.368 e. The normalized spacial score (nSPS) is 16.7. The summed E-state index contributed by atoms with van der Waals surface area (Å²) in [7, 11) is 1.78. The lowest BCUT2D eigenvalue weighted by molar-refractivity contribution is -0.134. The maximum absolute atomic E-state index is 14.2. The molecule has 0 saturated carbocycles. The van der Waals surface area contributed by atoms with Gasteiger partial charge in [0, 0.05) is 25.5 Å². The predicted molar refractivity (Wildman–Crippen MR) is 94.8 cm³/mol. The molecule has 0 aliphatic carbocycles. The van der Waals surface area contributed by atoms with E-state index < -0.39 is 5.82 Å². The molecule has 1 amide bonds. The zero-order chi connectivity index (χ0) is 18.0. The van der Waals surface area contributed by atoms with E-state index in [1.54, 1.807) is 35.4 Å². The second-order valence-corrected chi connectivity index (χ2v) is 7.32. The molecule has 1 atom stereocenters. The van der Waals surface area contributed by atoms with Crippen molar-refractivity contribution in [2.75, 3.05) is 25.0 Å². The fourth-order valence-corrected chi connectivity index (χ4v) is 3.73. The van der Waals surface area contributed by atoms with Gasteiger partial charge in [0.2, 0.25) is 5.91 Å². The summed E-state index contributed by atoms with van der Waals surface area (Å²) in [5, 5.41) is 11.8. The number of amides is 1. The Kier molecular flexibility index (Phi) is 5.00. The van der Waals surface area contributed by atoms with Gasteiger partial charge in [0.05, 0.1) is 40.5 Å². The molecular weight excluding hydrogens is 339 g/mol. The third-order valence-electron chi connectivity index (χ3n) is 4.40. The number of halogens is 1. The quantitative estimate of drug-likeness (QED) is 0.843. The summed E-state index contributed by atoms with van der Waals surface area (Å²) >= 11 is 1.57. The van der Waals surface area contributed by atoms with Crippen molar-refractivity contribution in [2.45, 2.75) is 19.9 Å². The Morgan fingerprint density at radius 3 is 3.00 bits per heavy atom. The van der Waals surface area contributed by atoms with Gasteiger partial charge in [-0.2, -0.15) is 5.26 Å². The number of nitriles is 1. The van der Waals surface area contributed by atoms with Gasteiger partial charge in [-0.3, -0.25) is 4.79 Å². The molecule has 1 aromatic carbocycles. The first-order valence-corrected chi connectivity index (χ1v) is 8.96. The van der Waals surface area contributed by atoms with Crippen molar-refractivity contribution < 1.29 is 9.18 Å². The van der Waals surface area contributed by atoms with Crippen LogP contribution >= 0.6 is 11.3 Å². The molecule has 1 aliphatic rings. The Morgan fingerprint density at radius 2 is 2.36 bits per heavy atom. The molecule has 25 heavy (non-hydrogen) atoms. The van der Waals surface area contributed by atoms with Gasteiger partial charge in [-0.15, -0.1) is 11.3 Å². The zero-order valence-corrected chi connectivity index (χ0v) is 15.0. The van der Waals surface area contributed by atoms with Crippen LogP contribution in [0.15, 0.2) is 23.6 Å². The third kappa shape index (κ3) is 3.80. The minimum Gasteiger partial charge on any atom is -0.368 e. The number of thiazole rings is 1. The van der Waals surface area contributed by atoms with Crippen LogP contribution in [0, 0.1) is 30.0 Å². The van der Waals surface area contributed by atoms with Crippen LogP contribution in [0.1, 0.15) is 22.7 Å². The van der Waals surface area contributed by atoms with Gasteiger partial charge >= 0.3 is 0 Å². The summed E-state index contributed by atoms with van der Waals surface area (Å²) in [5.41, 5.74) is 1.64. The van der Waals surface area contributed by atoms with E-state index in [4.69, 9.17) is 5.26 Å². The van der Waals surface area contributed by atoms with Crippen LogP contribution in [-0.2, 0) is 11.3 Å². The fraction of sp³-hybridized carbons (Fsp3) is 0.389. The summed E-state index contributed by atoms with van der Waals surface area (Å²) < 4.78 is 14.2. The van der Waals surface area contributed by atoms with Crippen molar-refractivity contribution in [3.8, 4) is 6.07 Å². The molecule has 1 aromatic heterocycles. The highest BCUT2D eigenvalue weighted by Crippen LogP contribution is 2.28. The van der Waals surface area contributed by atoms with Gasteiger partial charge < -0.3 is 9.80 Å². The molecule has 0 spiro atoms. The molecular formula is C18H19FN4OS. The molecule has 0 N–H and O–H groups in total. The molecule has 5 nitrogen and oxygen atoms in total. The number of carbonyl (C=O) groups is 1. The highest BCUT2D eigenvalue weighted by Gasteiger charge is 2.31. The van der Waals surface area contributed by atoms with Crippen LogP contribution in [0.3, 0.4) is 0 Å². The lowest BCUT2D eigenvalue weighted by Gasteiger charge is -2.22. The SMILES string of the molecule is Cc1nc(CN(C)C(=O)C2CCN(c3ccc(C#N)cc3F)C2)cs1. The van der Waals surface area contributed by atoms with E-state index in [0.29, 0.717) is 37.3 Å². The van der Waals surface area contributed by atoms with E-state index in [9.17, 15) is 9.18 Å². The molecule has 0 bridgehead atoms. The highest BCUT2D eigenvalue weighted by atomic mass is 32.1. The number of hydrogen-bond donors (Lipinski definition) is 0. The summed E-state index contributed by atoms with van der Waals surface area (Å²) in [6, 6.07) is 6.38. The monoisotopic (exact) mass is 358 g/mol. The maximum Gasteiger partial charge on any atom is 0.227 e. The minimum absolute atomic E-state index is 0.0576. The topological polar surface area (TPSA) is 60.2 Å². The number of benzene rings is 1. The van der Waals surface area contributed by atoms with Crippen LogP contribution in [0.25, 0.3) is 0 Å². The van der Waals surface area contributed by atoms with Crippen LogP contribution in [0.4, 0.5) is 10.1 Å². The van der Waals surface area contributed by atoms with E-state index in [0.717, 1.165) is 10.7 Å². The van der Waals surface area contributed by atoms with Gasteiger partial charge in [-0.05, 0) is 31.5 Å². The van der Waals surface area contributed by atoms with E-state index in [2.05, 4.69) is 4.98 Å². The molecule has 1 saturated heterocycles.